The van der Waals surface area contributed by atoms with Crippen LogP contribution in [0.1, 0.15) is 6.92 Å². The third-order valence-corrected chi connectivity index (χ3v) is 4.19. The van der Waals surface area contributed by atoms with Crippen LogP contribution >= 0.6 is 0 Å². The third-order valence-electron chi connectivity index (χ3n) is 2.22. The first-order chi connectivity index (χ1) is 8.06. The fourth-order valence-electron chi connectivity index (χ4n) is 1.36. The largest absolute Gasteiger partial charge is 0.395 e. The van der Waals surface area contributed by atoms with E-state index in [9.17, 15) is 8.42 Å². The van der Waals surface area contributed by atoms with E-state index in [1.165, 1.54) is 22.6 Å². The highest BCUT2D eigenvalue weighted by Crippen LogP contribution is 2.16. The number of nitrogen functional groups attached to an aromatic ring is 1. The van der Waals surface area contributed by atoms with Crippen LogP contribution in [0.5, 0.6) is 0 Å². The molecule has 1 heterocycles. The molecule has 8 heteroatoms. The molecular formula is C9H16N4O3S. The van der Waals surface area contributed by atoms with Gasteiger partial charge < -0.3 is 10.5 Å². The van der Waals surface area contributed by atoms with Gasteiger partial charge in [0.25, 0.3) is 0 Å². The summed E-state index contributed by atoms with van der Waals surface area (Å²) in [5, 5.41) is 8.83. The fourth-order valence-corrected chi connectivity index (χ4v) is 2.81. The predicted molar refractivity (Wildman–Crippen MR) is 63.6 cm³/mol. The zero-order chi connectivity index (χ0) is 12.9. The van der Waals surface area contributed by atoms with E-state index in [4.69, 9.17) is 10.9 Å². The number of nitrogens with zero attached hydrogens (tertiary/aromatic N) is 2. The van der Waals surface area contributed by atoms with Crippen molar-refractivity contribution < 1.29 is 13.5 Å². The molecule has 1 aromatic heterocycles. The van der Waals surface area contributed by atoms with Crippen molar-refractivity contribution in [3.63, 3.8) is 0 Å². The second-order valence-electron chi connectivity index (χ2n) is 3.24. The maximum atomic E-state index is 12.1. The summed E-state index contributed by atoms with van der Waals surface area (Å²) < 4.78 is 25.5. The van der Waals surface area contributed by atoms with Gasteiger partial charge in [0, 0.05) is 25.4 Å². The van der Waals surface area contributed by atoms with Crippen molar-refractivity contribution >= 4 is 15.8 Å². The number of aromatic nitrogens is 1. The van der Waals surface area contributed by atoms with Gasteiger partial charge in [0.15, 0.2) is 0 Å². The Labute approximate surface area is 100 Å². The Hall–Kier alpha value is -1.22. The molecule has 4 N–H and O–H groups in total. The maximum absolute atomic E-state index is 12.1. The van der Waals surface area contributed by atoms with Crippen LogP contribution < -0.4 is 11.3 Å². The molecule has 0 aliphatic rings. The molecule has 1 rings (SSSR count). The van der Waals surface area contributed by atoms with E-state index in [-0.39, 0.29) is 30.4 Å². The second-order valence-corrected chi connectivity index (χ2v) is 5.18. The molecule has 0 unspecified atom stereocenters. The number of aliphatic hydroxyl groups excluding tert-OH is 1. The summed E-state index contributed by atoms with van der Waals surface area (Å²) in [6.07, 6.45) is 1.36. The standard InChI is InChI=1S/C9H16N4O3S/c1-2-13(5-6-14)17(15,16)8-3-4-11-9(7-8)12-10/h3-4,7,14H,2,5-6,10H2,1H3,(H,11,12). The van der Waals surface area contributed by atoms with Gasteiger partial charge in [0.05, 0.1) is 11.5 Å². The molecule has 0 saturated carbocycles. The normalized spacial score (nSPS) is 11.8. The zero-order valence-electron chi connectivity index (χ0n) is 9.50. The first-order valence-corrected chi connectivity index (χ1v) is 6.54. The average molecular weight is 260 g/mol. The van der Waals surface area contributed by atoms with E-state index >= 15 is 0 Å². The minimum atomic E-state index is -3.61. The molecule has 17 heavy (non-hydrogen) atoms. The lowest BCUT2D eigenvalue weighted by molar-refractivity contribution is 0.257. The molecular weight excluding hydrogens is 244 g/mol. The monoisotopic (exact) mass is 260 g/mol. The molecule has 0 fully saturated rings. The minimum absolute atomic E-state index is 0.0620. The molecule has 1 aromatic rings. The molecule has 96 valence electrons. The summed E-state index contributed by atoms with van der Waals surface area (Å²) in [4.78, 5) is 3.93. The summed E-state index contributed by atoms with van der Waals surface area (Å²) in [7, 11) is -3.61. The number of likely N-dealkylation sites (N-methyl/N-ethyl adjacent to an activating group) is 1. The van der Waals surface area contributed by atoms with Crippen LogP contribution in [0.2, 0.25) is 0 Å². The summed E-state index contributed by atoms with van der Waals surface area (Å²) >= 11 is 0. The number of anilines is 1. The van der Waals surface area contributed by atoms with Gasteiger partial charge in [-0.25, -0.2) is 19.2 Å². The van der Waals surface area contributed by atoms with Gasteiger partial charge in [-0.15, -0.1) is 0 Å². The third kappa shape index (κ3) is 3.13. The van der Waals surface area contributed by atoms with E-state index in [0.717, 1.165) is 0 Å². The van der Waals surface area contributed by atoms with E-state index in [1.807, 2.05) is 0 Å². The van der Waals surface area contributed by atoms with E-state index in [2.05, 4.69) is 10.4 Å². The van der Waals surface area contributed by atoms with Crippen molar-refractivity contribution in [2.75, 3.05) is 25.1 Å². The summed E-state index contributed by atoms with van der Waals surface area (Å²) in [6, 6.07) is 2.73. The van der Waals surface area contributed by atoms with Gasteiger partial charge in [0.2, 0.25) is 10.0 Å². The Bertz CT molecular complexity index is 463. The second kappa shape index (κ2) is 5.92. The van der Waals surface area contributed by atoms with Gasteiger partial charge in [-0.2, -0.15) is 4.31 Å². The lowest BCUT2D eigenvalue weighted by atomic mass is 10.5. The summed E-state index contributed by atoms with van der Waals surface area (Å²) in [5.74, 6) is 5.44. The Morgan fingerprint density at radius 2 is 2.29 bits per heavy atom. The molecule has 7 nitrogen and oxygen atoms in total. The Morgan fingerprint density at radius 3 is 2.82 bits per heavy atom. The summed E-state index contributed by atoms with van der Waals surface area (Å²) in [5.41, 5.74) is 2.28. The molecule has 0 amide bonds. The molecule has 0 spiro atoms. The van der Waals surface area contributed by atoms with Crippen LogP contribution in [0.4, 0.5) is 5.82 Å². The van der Waals surface area contributed by atoms with Gasteiger partial charge in [0.1, 0.15) is 5.82 Å². The number of nitrogens with two attached hydrogens (primary N) is 1. The SMILES string of the molecule is CCN(CCO)S(=O)(=O)c1ccnc(NN)c1. The smallest absolute Gasteiger partial charge is 0.243 e. The van der Waals surface area contributed by atoms with E-state index in [0.29, 0.717) is 0 Å². The fraction of sp³-hybridized carbons (Fsp3) is 0.444. The number of sulfonamides is 1. The van der Waals surface area contributed by atoms with Gasteiger partial charge in [-0.3, -0.25) is 0 Å². The van der Waals surface area contributed by atoms with Crippen molar-refractivity contribution in [2.45, 2.75) is 11.8 Å². The van der Waals surface area contributed by atoms with Crippen molar-refractivity contribution in [2.24, 2.45) is 5.84 Å². The minimum Gasteiger partial charge on any atom is -0.395 e. The van der Waals surface area contributed by atoms with Crippen LogP contribution in [0.25, 0.3) is 0 Å². The van der Waals surface area contributed by atoms with Crippen molar-refractivity contribution in [3.05, 3.63) is 18.3 Å². The van der Waals surface area contributed by atoms with E-state index < -0.39 is 10.0 Å². The highest BCUT2D eigenvalue weighted by Gasteiger charge is 2.22. The van der Waals surface area contributed by atoms with Crippen LogP contribution in [0, 0.1) is 0 Å². The number of pyridine rings is 1. The number of hydrazine groups is 1. The highest BCUT2D eigenvalue weighted by atomic mass is 32.2. The van der Waals surface area contributed by atoms with Gasteiger partial charge in [-0.1, -0.05) is 6.92 Å². The molecule has 0 aromatic carbocycles. The highest BCUT2D eigenvalue weighted by molar-refractivity contribution is 7.89. The lowest BCUT2D eigenvalue weighted by Gasteiger charge is -2.19. The maximum Gasteiger partial charge on any atom is 0.243 e. The number of hydrogen-bond donors (Lipinski definition) is 3. The van der Waals surface area contributed by atoms with Crippen molar-refractivity contribution in [1.29, 1.82) is 0 Å². The molecule has 0 aliphatic heterocycles. The zero-order valence-corrected chi connectivity index (χ0v) is 10.3. The quantitative estimate of drug-likeness (QED) is 0.464. The number of nitrogens with one attached hydrogen (secondary N) is 1. The summed E-state index contributed by atoms with van der Waals surface area (Å²) in [6.45, 7) is 1.83. The molecule has 0 radical (unpaired) electrons. The van der Waals surface area contributed by atoms with Crippen molar-refractivity contribution in [3.8, 4) is 0 Å². The first kappa shape index (κ1) is 13.8. The topological polar surface area (TPSA) is 109 Å². The molecule has 0 bridgehead atoms. The average Bonchev–Trinajstić information content (AvgIpc) is 2.35. The van der Waals surface area contributed by atoms with Crippen LogP contribution in [-0.4, -0.2) is 42.5 Å². The van der Waals surface area contributed by atoms with Gasteiger partial charge in [-0.05, 0) is 6.07 Å². The Morgan fingerprint density at radius 1 is 1.59 bits per heavy atom. The molecule has 0 saturated heterocycles. The lowest BCUT2D eigenvalue weighted by Crippen LogP contribution is -2.33. The van der Waals surface area contributed by atoms with Crippen LogP contribution in [-0.2, 0) is 10.0 Å². The Balaban J connectivity index is 3.10. The van der Waals surface area contributed by atoms with Crippen molar-refractivity contribution in [1.82, 2.24) is 9.29 Å². The number of rotatable bonds is 6. The first-order valence-electron chi connectivity index (χ1n) is 5.10. The number of aliphatic hydroxyl groups is 1. The van der Waals surface area contributed by atoms with Crippen LogP contribution in [0.15, 0.2) is 23.2 Å². The Kier molecular flexibility index (Phi) is 4.82. The van der Waals surface area contributed by atoms with Gasteiger partial charge >= 0.3 is 0 Å². The molecule has 0 aliphatic carbocycles. The number of hydrogen-bond acceptors (Lipinski definition) is 6. The van der Waals surface area contributed by atoms with Crippen LogP contribution in [0.3, 0.4) is 0 Å². The predicted octanol–water partition coefficient (Wildman–Crippen LogP) is -0.630. The van der Waals surface area contributed by atoms with E-state index in [1.54, 1.807) is 6.92 Å². The molecule has 0 atom stereocenters.